The van der Waals surface area contributed by atoms with E-state index in [9.17, 15) is 13.2 Å². The number of sulfonamides is 1. The summed E-state index contributed by atoms with van der Waals surface area (Å²) in [4.78, 5) is 11.8. The third-order valence-electron chi connectivity index (χ3n) is 2.73. The molecule has 0 aromatic heterocycles. The molecule has 0 unspecified atom stereocenters. The van der Waals surface area contributed by atoms with Gasteiger partial charge in [-0.15, -0.1) is 0 Å². The lowest BCUT2D eigenvalue weighted by atomic mass is 10.2. The molecular formula is C15H14N2O3S. The first-order chi connectivity index (χ1) is 9.97. The Labute approximate surface area is 123 Å². The maximum Gasteiger partial charge on any atom is 0.255 e. The molecular weight excluding hydrogens is 288 g/mol. The first-order valence-corrected chi connectivity index (χ1v) is 7.67. The zero-order valence-corrected chi connectivity index (χ0v) is 11.9. The molecule has 0 bridgehead atoms. The number of primary sulfonamides is 1. The van der Waals surface area contributed by atoms with Gasteiger partial charge in [0, 0.05) is 11.8 Å². The van der Waals surface area contributed by atoms with E-state index in [2.05, 4.69) is 5.32 Å². The topological polar surface area (TPSA) is 89.3 Å². The van der Waals surface area contributed by atoms with Crippen LogP contribution in [0.1, 0.15) is 15.9 Å². The lowest BCUT2D eigenvalue weighted by Crippen LogP contribution is -2.16. The van der Waals surface area contributed by atoms with Crippen molar-refractivity contribution in [2.24, 2.45) is 5.14 Å². The minimum atomic E-state index is -3.68. The molecule has 0 fully saturated rings. The van der Waals surface area contributed by atoms with Crippen molar-refractivity contribution in [2.75, 3.05) is 0 Å². The summed E-state index contributed by atoms with van der Waals surface area (Å²) in [6.45, 7) is 0. The molecule has 2 rings (SSSR count). The molecule has 0 heterocycles. The summed E-state index contributed by atoms with van der Waals surface area (Å²) >= 11 is 0. The Balaban J connectivity index is 2.00. The minimum Gasteiger partial charge on any atom is -0.329 e. The van der Waals surface area contributed by atoms with Crippen molar-refractivity contribution in [3.63, 3.8) is 0 Å². The molecule has 3 N–H and O–H groups in total. The van der Waals surface area contributed by atoms with Crippen LogP contribution < -0.4 is 10.5 Å². The molecule has 0 spiro atoms. The fraction of sp³-hybridized carbons (Fsp3) is 0. The fourth-order valence-corrected chi connectivity index (χ4v) is 2.17. The third kappa shape index (κ3) is 4.27. The van der Waals surface area contributed by atoms with Crippen molar-refractivity contribution < 1.29 is 13.2 Å². The van der Waals surface area contributed by atoms with Gasteiger partial charge in [0.25, 0.3) is 5.91 Å². The highest BCUT2D eigenvalue weighted by Gasteiger charge is 2.05. The van der Waals surface area contributed by atoms with Crippen molar-refractivity contribution in [1.29, 1.82) is 0 Å². The molecule has 21 heavy (non-hydrogen) atoms. The van der Waals surface area contributed by atoms with E-state index in [1.165, 1.54) is 18.3 Å². The van der Waals surface area contributed by atoms with E-state index in [1.807, 2.05) is 6.07 Å². The molecule has 0 aliphatic rings. The molecule has 0 saturated heterocycles. The van der Waals surface area contributed by atoms with Gasteiger partial charge in [-0.2, -0.15) is 0 Å². The number of hydrogen-bond acceptors (Lipinski definition) is 3. The molecule has 0 aliphatic carbocycles. The van der Waals surface area contributed by atoms with E-state index in [0.717, 1.165) is 5.56 Å². The molecule has 0 atom stereocenters. The van der Waals surface area contributed by atoms with Gasteiger partial charge in [-0.3, -0.25) is 4.79 Å². The molecule has 2 aromatic rings. The number of carbonyl (C=O) groups excluding carboxylic acids is 1. The number of nitrogens with one attached hydrogen (secondary N) is 1. The molecule has 1 amide bonds. The summed E-state index contributed by atoms with van der Waals surface area (Å²) < 4.78 is 22.2. The smallest absolute Gasteiger partial charge is 0.255 e. The lowest BCUT2D eigenvalue weighted by molar-refractivity contribution is 0.0970. The summed E-state index contributed by atoms with van der Waals surface area (Å²) in [7, 11) is -3.68. The minimum absolute atomic E-state index is 0.0490. The van der Waals surface area contributed by atoms with Crippen LogP contribution in [0.3, 0.4) is 0 Å². The fourth-order valence-electron chi connectivity index (χ4n) is 1.66. The Hall–Kier alpha value is -2.44. The van der Waals surface area contributed by atoms with E-state index in [4.69, 9.17) is 5.14 Å². The molecule has 5 nitrogen and oxygen atoms in total. The van der Waals surface area contributed by atoms with E-state index in [1.54, 1.807) is 42.5 Å². The Morgan fingerprint density at radius 1 is 1.00 bits per heavy atom. The van der Waals surface area contributed by atoms with Crippen molar-refractivity contribution >= 4 is 22.0 Å². The van der Waals surface area contributed by atoms with Crippen LogP contribution in [0, 0.1) is 0 Å². The standard InChI is InChI=1S/C15H14N2O3S/c16-21(19,20)14-8-6-12(7-9-14)10-11-17-15(18)13-4-2-1-3-5-13/h1-11H,(H,17,18)(H2,16,19,20). The number of rotatable bonds is 4. The highest BCUT2D eigenvalue weighted by molar-refractivity contribution is 7.89. The van der Waals surface area contributed by atoms with Crippen LogP contribution in [0.15, 0.2) is 65.7 Å². The zero-order valence-electron chi connectivity index (χ0n) is 11.1. The molecule has 2 aromatic carbocycles. The normalized spacial score (nSPS) is 11.5. The number of amides is 1. The first kappa shape index (κ1) is 15.0. The first-order valence-electron chi connectivity index (χ1n) is 6.12. The average molecular weight is 302 g/mol. The van der Waals surface area contributed by atoms with Crippen LogP contribution in [-0.4, -0.2) is 14.3 Å². The van der Waals surface area contributed by atoms with E-state index >= 15 is 0 Å². The molecule has 0 radical (unpaired) electrons. The molecule has 0 aliphatic heterocycles. The number of carbonyl (C=O) groups is 1. The van der Waals surface area contributed by atoms with Crippen LogP contribution in [-0.2, 0) is 10.0 Å². The SMILES string of the molecule is NS(=O)(=O)c1ccc(C=CNC(=O)c2ccccc2)cc1. The quantitative estimate of drug-likeness (QED) is 0.901. The maximum atomic E-state index is 11.8. The van der Waals surface area contributed by atoms with Gasteiger partial charge in [-0.1, -0.05) is 30.3 Å². The van der Waals surface area contributed by atoms with Crippen molar-refractivity contribution in [3.8, 4) is 0 Å². The Morgan fingerprint density at radius 3 is 2.19 bits per heavy atom. The second kappa shape index (κ2) is 6.34. The van der Waals surface area contributed by atoms with Gasteiger partial charge in [0.1, 0.15) is 0 Å². The van der Waals surface area contributed by atoms with Gasteiger partial charge in [0.15, 0.2) is 0 Å². The predicted molar refractivity (Wildman–Crippen MR) is 80.8 cm³/mol. The van der Waals surface area contributed by atoms with Gasteiger partial charge >= 0.3 is 0 Å². The van der Waals surface area contributed by atoms with Gasteiger partial charge in [0.2, 0.25) is 10.0 Å². The number of benzene rings is 2. The van der Waals surface area contributed by atoms with Crippen LogP contribution in [0.25, 0.3) is 6.08 Å². The van der Waals surface area contributed by atoms with Gasteiger partial charge in [0.05, 0.1) is 4.90 Å². The summed E-state index contributed by atoms with van der Waals surface area (Å²) in [6, 6.07) is 14.8. The van der Waals surface area contributed by atoms with E-state index < -0.39 is 10.0 Å². The Morgan fingerprint density at radius 2 is 1.62 bits per heavy atom. The van der Waals surface area contributed by atoms with Crippen molar-refractivity contribution in [3.05, 3.63) is 71.9 Å². The second-order valence-corrected chi connectivity index (χ2v) is 5.85. The van der Waals surface area contributed by atoms with Gasteiger partial charge in [-0.25, -0.2) is 13.6 Å². The molecule has 0 saturated carbocycles. The number of hydrogen-bond donors (Lipinski definition) is 2. The number of nitrogens with two attached hydrogens (primary N) is 1. The summed E-state index contributed by atoms with van der Waals surface area (Å²) in [6.07, 6.45) is 3.16. The monoisotopic (exact) mass is 302 g/mol. The summed E-state index contributed by atoms with van der Waals surface area (Å²) in [5.41, 5.74) is 1.31. The lowest BCUT2D eigenvalue weighted by Gasteiger charge is -2.00. The Kier molecular flexibility index (Phi) is 4.52. The van der Waals surface area contributed by atoms with Crippen molar-refractivity contribution in [1.82, 2.24) is 5.32 Å². The molecule has 6 heteroatoms. The highest BCUT2D eigenvalue weighted by atomic mass is 32.2. The van der Waals surface area contributed by atoms with Gasteiger partial charge in [-0.05, 0) is 35.9 Å². The largest absolute Gasteiger partial charge is 0.329 e. The van der Waals surface area contributed by atoms with E-state index in [-0.39, 0.29) is 10.8 Å². The maximum absolute atomic E-state index is 11.8. The van der Waals surface area contributed by atoms with Gasteiger partial charge < -0.3 is 5.32 Å². The summed E-state index contributed by atoms with van der Waals surface area (Å²) in [5, 5.41) is 7.64. The zero-order chi connectivity index (χ0) is 15.3. The van der Waals surface area contributed by atoms with Crippen molar-refractivity contribution in [2.45, 2.75) is 4.90 Å². The predicted octanol–water partition coefficient (Wildman–Crippen LogP) is 1.73. The third-order valence-corrected chi connectivity index (χ3v) is 3.66. The highest BCUT2D eigenvalue weighted by Crippen LogP contribution is 2.09. The van der Waals surface area contributed by atoms with E-state index in [0.29, 0.717) is 5.56 Å². The Bertz CT molecular complexity index is 751. The van der Waals surface area contributed by atoms with Crippen LogP contribution in [0.4, 0.5) is 0 Å². The van der Waals surface area contributed by atoms with Crippen LogP contribution in [0.5, 0.6) is 0 Å². The van der Waals surface area contributed by atoms with Crippen LogP contribution >= 0.6 is 0 Å². The second-order valence-electron chi connectivity index (χ2n) is 4.29. The molecule has 108 valence electrons. The van der Waals surface area contributed by atoms with Crippen LogP contribution in [0.2, 0.25) is 0 Å². The average Bonchev–Trinajstić information content (AvgIpc) is 2.47. The summed E-state index contributed by atoms with van der Waals surface area (Å²) in [5.74, 6) is -0.215.